The van der Waals surface area contributed by atoms with Crippen LogP contribution in [0.3, 0.4) is 0 Å². The molecule has 5 nitrogen and oxygen atoms in total. The molecule has 0 bridgehead atoms. The highest BCUT2D eigenvalue weighted by Crippen LogP contribution is 2.34. The zero-order valence-corrected chi connectivity index (χ0v) is 16.5. The first-order valence-corrected chi connectivity index (χ1v) is 10.2. The monoisotopic (exact) mass is 418 g/mol. The summed E-state index contributed by atoms with van der Waals surface area (Å²) in [7, 11) is 0. The molecule has 2 heterocycles. The number of ketones is 1. The van der Waals surface area contributed by atoms with Gasteiger partial charge in [0.1, 0.15) is 16.5 Å². The van der Waals surface area contributed by atoms with Crippen LogP contribution in [0.5, 0.6) is 11.5 Å². The zero-order chi connectivity index (χ0) is 20.5. The first-order valence-electron chi connectivity index (χ1n) is 9.26. The lowest BCUT2D eigenvalue weighted by atomic mass is 10.1. The van der Waals surface area contributed by atoms with Crippen molar-refractivity contribution in [1.82, 2.24) is 10.2 Å². The van der Waals surface area contributed by atoms with Crippen molar-refractivity contribution in [1.29, 1.82) is 0 Å². The molecule has 1 aliphatic rings. The fraction of sp³-hybridized carbons (Fsp3) is 0.0870. The van der Waals surface area contributed by atoms with Crippen LogP contribution in [0.25, 0.3) is 22.0 Å². The molecule has 0 amide bonds. The quantitative estimate of drug-likeness (QED) is 0.330. The Morgan fingerprint density at radius 2 is 1.70 bits per heavy atom. The molecule has 4 aromatic rings. The summed E-state index contributed by atoms with van der Waals surface area (Å²) in [6, 6.07) is 19.1. The van der Waals surface area contributed by atoms with Gasteiger partial charge in [-0.3, -0.25) is 4.79 Å². The number of thioether (sulfide) groups is 1. The third-order valence-electron chi connectivity index (χ3n) is 4.81. The minimum Gasteiger partial charge on any atom is -0.454 e. The van der Waals surface area contributed by atoms with Crippen molar-refractivity contribution in [2.45, 2.75) is 5.03 Å². The normalized spacial score (nSPS) is 12.3. The van der Waals surface area contributed by atoms with Crippen molar-refractivity contribution in [2.24, 2.45) is 0 Å². The molecule has 1 aliphatic heterocycles. The van der Waals surface area contributed by atoms with Gasteiger partial charge in [-0.1, -0.05) is 36.0 Å². The number of Topliss-reactive ketones (excluding diaryl/α,β-unsaturated/α-hetero) is 1. The van der Waals surface area contributed by atoms with Gasteiger partial charge >= 0.3 is 0 Å². The number of carbonyl (C=O) groups is 1. The van der Waals surface area contributed by atoms with Crippen LogP contribution in [-0.2, 0) is 0 Å². The fourth-order valence-electron chi connectivity index (χ4n) is 3.29. The van der Waals surface area contributed by atoms with Crippen LogP contribution in [0.15, 0.2) is 71.8 Å². The lowest BCUT2D eigenvalue weighted by Crippen LogP contribution is -2.03. The average Bonchev–Trinajstić information content (AvgIpc) is 3.26. The largest absolute Gasteiger partial charge is 0.454 e. The van der Waals surface area contributed by atoms with E-state index in [1.807, 2.05) is 24.3 Å². The number of fused-ring (bicyclic) bond motifs is 2. The summed E-state index contributed by atoms with van der Waals surface area (Å²) in [5.41, 5.74) is 2.03. The Labute approximate surface area is 175 Å². The van der Waals surface area contributed by atoms with Crippen molar-refractivity contribution >= 4 is 28.3 Å². The number of rotatable bonds is 5. The maximum absolute atomic E-state index is 13.3. The summed E-state index contributed by atoms with van der Waals surface area (Å²) in [6.07, 6.45) is 0. The number of carbonyl (C=O) groups excluding carboxylic acids is 1. The number of benzene rings is 3. The Morgan fingerprint density at radius 3 is 2.53 bits per heavy atom. The summed E-state index contributed by atoms with van der Waals surface area (Å²) in [6.45, 7) is 0.170. The van der Waals surface area contributed by atoms with Gasteiger partial charge in [0, 0.05) is 21.9 Å². The van der Waals surface area contributed by atoms with E-state index in [0.717, 1.165) is 16.3 Å². The fourth-order valence-corrected chi connectivity index (χ4v) is 4.16. The van der Waals surface area contributed by atoms with Gasteiger partial charge in [0.05, 0.1) is 5.75 Å². The molecule has 148 valence electrons. The van der Waals surface area contributed by atoms with Crippen LogP contribution in [0.4, 0.5) is 4.39 Å². The zero-order valence-electron chi connectivity index (χ0n) is 15.7. The van der Waals surface area contributed by atoms with Gasteiger partial charge in [0.15, 0.2) is 17.3 Å². The van der Waals surface area contributed by atoms with Crippen molar-refractivity contribution < 1.29 is 18.7 Å². The Bertz CT molecular complexity index is 1260. The van der Waals surface area contributed by atoms with E-state index in [4.69, 9.17) is 9.47 Å². The third kappa shape index (κ3) is 3.48. The minimum atomic E-state index is -0.301. The Kier molecular flexibility index (Phi) is 4.80. The van der Waals surface area contributed by atoms with Crippen molar-refractivity contribution in [2.75, 3.05) is 12.5 Å². The second-order valence-corrected chi connectivity index (χ2v) is 7.65. The van der Waals surface area contributed by atoms with E-state index in [9.17, 15) is 9.18 Å². The Morgan fingerprint density at radius 1 is 0.933 bits per heavy atom. The molecular weight excluding hydrogens is 403 g/mol. The molecule has 5 rings (SSSR count). The van der Waals surface area contributed by atoms with Crippen LogP contribution in [0, 0.1) is 5.82 Å². The summed E-state index contributed by atoms with van der Waals surface area (Å²) >= 11 is 1.34. The summed E-state index contributed by atoms with van der Waals surface area (Å²) in [4.78, 5) is 12.7. The van der Waals surface area contributed by atoms with Gasteiger partial charge < -0.3 is 9.47 Å². The molecule has 0 radical (unpaired) electrons. The third-order valence-corrected chi connectivity index (χ3v) is 5.79. The van der Waals surface area contributed by atoms with E-state index in [1.165, 1.54) is 23.9 Å². The molecule has 30 heavy (non-hydrogen) atoms. The van der Waals surface area contributed by atoms with Crippen LogP contribution in [-0.4, -0.2) is 28.5 Å². The molecular formula is C23H15FN2O3S. The number of aromatic nitrogens is 2. The molecule has 7 heteroatoms. The van der Waals surface area contributed by atoms with Gasteiger partial charge in [-0.15, -0.1) is 10.2 Å². The Hall–Kier alpha value is -3.45. The van der Waals surface area contributed by atoms with Crippen molar-refractivity contribution in [3.05, 3.63) is 78.1 Å². The van der Waals surface area contributed by atoms with E-state index in [-0.39, 0.29) is 24.1 Å². The van der Waals surface area contributed by atoms with Crippen molar-refractivity contribution in [3.8, 4) is 22.8 Å². The first kappa shape index (κ1) is 18.6. The predicted octanol–water partition coefficient (Wildman–Crippen LogP) is 5.14. The highest BCUT2D eigenvalue weighted by molar-refractivity contribution is 8.00. The van der Waals surface area contributed by atoms with E-state index in [2.05, 4.69) is 10.2 Å². The van der Waals surface area contributed by atoms with Crippen molar-refractivity contribution in [3.63, 3.8) is 0 Å². The molecule has 0 N–H and O–H groups in total. The molecule has 0 atom stereocenters. The molecule has 0 spiro atoms. The number of ether oxygens (including phenoxy) is 2. The number of hydrogen-bond acceptors (Lipinski definition) is 6. The highest BCUT2D eigenvalue weighted by atomic mass is 32.2. The number of nitrogens with zero attached hydrogens (tertiary/aromatic N) is 2. The standard InChI is InChI=1S/C23H15FN2O3S/c24-16-8-5-14(6-9-16)22-17-3-1-2-4-18(17)23(26-25-22)30-12-19(27)15-7-10-20-21(11-15)29-13-28-20/h1-11H,12-13H2. The topological polar surface area (TPSA) is 61.3 Å². The maximum atomic E-state index is 13.3. The molecule has 0 saturated carbocycles. The maximum Gasteiger partial charge on any atom is 0.231 e. The van der Waals surface area contributed by atoms with Gasteiger partial charge in [0.25, 0.3) is 0 Å². The van der Waals surface area contributed by atoms with E-state index >= 15 is 0 Å². The first-order chi connectivity index (χ1) is 14.7. The van der Waals surface area contributed by atoms with Crippen LogP contribution in [0.2, 0.25) is 0 Å². The number of halogens is 1. The SMILES string of the molecule is O=C(CSc1nnc(-c2ccc(F)cc2)c2ccccc12)c1ccc2c(c1)OCO2. The molecule has 0 unspecified atom stereocenters. The number of hydrogen-bond donors (Lipinski definition) is 0. The smallest absolute Gasteiger partial charge is 0.231 e. The summed E-state index contributed by atoms with van der Waals surface area (Å²) in [5.74, 6) is 1.11. The second kappa shape index (κ2) is 7.76. The molecule has 0 fully saturated rings. The lowest BCUT2D eigenvalue weighted by Gasteiger charge is -2.09. The van der Waals surface area contributed by atoms with Gasteiger partial charge in [-0.25, -0.2) is 4.39 Å². The van der Waals surface area contributed by atoms with Gasteiger partial charge in [0.2, 0.25) is 6.79 Å². The van der Waals surface area contributed by atoms with E-state index < -0.39 is 0 Å². The minimum absolute atomic E-state index is 0.0354. The Balaban J connectivity index is 1.42. The average molecular weight is 418 g/mol. The molecule has 1 aromatic heterocycles. The molecule has 0 aliphatic carbocycles. The van der Waals surface area contributed by atoms with Crippen LogP contribution in [0.1, 0.15) is 10.4 Å². The second-order valence-electron chi connectivity index (χ2n) is 6.69. The molecule has 3 aromatic carbocycles. The van der Waals surface area contributed by atoms with E-state index in [0.29, 0.717) is 27.8 Å². The highest BCUT2D eigenvalue weighted by Gasteiger charge is 2.17. The molecule has 0 saturated heterocycles. The van der Waals surface area contributed by atoms with Gasteiger partial charge in [-0.05, 0) is 42.5 Å². The summed E-state index contributed by atoms with van der Waals surface area (Å²) in [5, 5.41) is 11.2. The van der Waals surface area contributed by atoms with E-state index in [1.54, 1.807) is 30.3 Å². The lowest BCUT2D eigenvalue weighted by molar-refractivity contribution is 0.102. The predicted molar refractivity (Wildman–Crippen MR) is 113 cm³/mol. The van der Waals surface area contributed by atoms with Gasteiger partial charge in [-0.2, -0.15) is 0 Å². The summed E-state index contributed by atoms with van der Waals surface area (Å²) < 4.78 is 23.9. The van der Waals surface area contributed by atoms with Crippen LogP contribution < -0.4 is 9.47 Å². The van der Waals surface area contributed by atoms with Crippen LogP contribution >= 0.6 is 11.8 Å².